The summed E-state index contributed by atoms with van der Waals surface area (Å²) in [6.07, 6.45) is 1.14. The van der Waals surface area contributed by atoms with Gasteiger partial charge in [-0.3, -0.25) is 14.9 Å². The zero-order chi connectivity index (χ0) is 17.0. The summed E-state index contributed by atoms with van der Waals surface area (Å²) >= 11 is 0. The molecule has 0 bridgehead atoms. The molecule has 0 atom stereocenters. The lowest BCUT2D eigenvalue weighted by atomic mass is 10.1. The second kappa shape index (κ2) is 6.57. The number of non-ortho nitro benzene ring substituents is 1. The van der Waals surface area contributed by atoms with Gasteiger partial charge in [-0.15, -0.1) is 0 Å². The van der Waals surface area contributed by atoms with E-state index in [1.807, 2.05) is 0 Å². The standard InChI is InChI=1S/C15H14N2O5S/c1-23(21,22)10-11-2-4-12(5-3-11)15(18)16-13-6-8-14(9-7-13)17(19)20/h2-9H,10H2,1H3,(H,16,18). The first-order valence-electron chi connectivity index (χ1n) is 6.57. The Kier molecular flexibility index (Phi) is 4.75. The quantitative estimate of drug-likeness (QED) is 0.667. The number of nitro benzene ring substituents is 1. The Hall–Kier alpha value is -2.74. The average Bonchev–Trinajstić information content (AvgIpc) is 2.46. The zero-order valence-electron chi connectivity index (χ0n) is 12.2. The number of anilines is 1. The third kappa shape index (κ3) is 4.89. The molecule has 0 aliphatic heterocycles. The molecule has 2 rings (SSSR count). The van der Waals surface area contributed by atoms with Crippen LogP contribution in [0.25, 0.3) is 0 Å². The highest BCUT2D eigenvalue weighted by atomic mass is 32.2. The van der Waals surface area contributed by atoms with Crippen molar-refractivity contribution in [2.75, 3.05) is 11.6 Å². The first kappa shape index (κ1) is 16.6. The molecule has 120 valence electrons. The minimum Gasteiger partial charge on any atom is -0.322 e. The van der Waals surface area contributed by atoms with Gasteiger partial charge in [0.15, 0.2) is 9.84 Å². The van der Waals surface area contributed by atoms with Gasteiger partial charge in [0.05, 0.1) is 10.7 Å². The van der Waals surface area contributed by atoms with E-state index in [0.717, 1.165) is 6.26 Å². The molecule has 1 amide bonds. The molecule has 2 aromatic carbocycles. The molecule has 0 radical (unpaired) electrons. The third-order valence-electron chi connectivity index (χ3n) is 2.98. The molecule has 0 fully saturated rings. The van der Waals surface area contributed by atoms with Crippen LogP contribution in [-0.4, -0.2) is 25.5 Å². The van der Waals surface area contributed by atoms with Crippen LogP contribution in [0.15, 0.2) is 48.5 Å². The molecular weight excluding hydrogens is 320 g/mol. The molecule has 0 saturated carbocycles. The topological polar surface area (TPSA) is 106 Å². The summed E-state index contributed by atoms with van der Waals surface area (Å²) in [6.45, 7) is 0. The molecule has 7 nitrogen and oxygen atoms in total. The first-order chi connectivity index (χ1) is 10.7. The Labute approximate surface area is 133 Å². The number of sulfone groups is 1. The minimum absolute atomic E-state index is 0.0619. The van der Waals surface area contributed by atoms with E-state index in [1.54, 1.807) is 12.1 Å². The number of amides is 1. The maximum atomic E-state index is 12.1. The lowest BCUT2D eigenvalue weighted by molar-refractivity contribution is -0.384. The van der Waals surface area contributed by atoms with E-state index in [9.17, 15) is 23.3 Å². The molecule has 0 aliphatic carbocycles. The van der Waals surface area contributed by atoms with Gasteiger partial charge in [-0.05, 0) is 29.8 Å². The largest absolute Gasteiger partial charge is 0.322 e. The van der Waals surface area contributed by atoms with E-state index in [4.69, 9.17) is 0 Å². The molecule has 8 heteroatoms. The Balaban J connectivity index is 2.07. The monoisotopic (exact) mass is 334 g/mol. The summed E-state index contributed by atoms with van der Waals surface area (Å²) in [5, 5.41) is 13.2. The number of rotatable bonds is 5. The van der Waals surface area contributed by atoms with Crippen molar-refractivity contribution in [2.24, 2.45) is 0 Å². The molecule has 1 N–H and O–H groups in total. The van der Waals surface area contributed by atoms with Crippen LogP contribution in [0.3, 0.4) is 0 Å². The molecular formula is C15H14N2O5S. The van der Waals surface area contributed by atoms with E-state index < -0.39 is 14.8 Å². The smallest absolute Gasteiger partial charge is 0.269 e. The maximum Gasteiger partial charge on any atom is 0.269 e. The highest BCUT2D eigenvalue weighted by Crippen LogP contribution is 2.16. The van der Waals surface area contributed by atoms with Crippen LogP contribution in [0.2, 0.25) is 0 Å². The van der Waals surface area contributed by atoms with Gasteiger partial charge in [-0.25, -0.2) is 8.42 Å². The van der Waals surface area contributed by atoms with Gasteiger partial charge >= 0.3 is 0 Å². The molecule has 0 aromatic heterocycles. The number of nitro groups is 1. The summed E-state index contributed by atoms with van der Waals surface area (Å²) in [5.74, 6) is -0.471. The lowest BCUT2D eigenvalue weighted by Gasteiger charge is -2.06. The Bertz CT molecular complexity index is 827. The van der Waals surface area contributed by atoms with Crippen molar-refractivity contribution in [1.82, 2.24) is 0 Å². The van der Waals surface area contributed by atoms with Gasteiger partial charge in [0.25, 0.3) is 11.6 Å². The van der Waals surface area contributed by atoms with Crippen molar-refractivity contribution < 1.29 is 18.1 Å². The molecule has 0 heterocycles. The number of nitrogens with one attached hydrogen (secondary N) is 1. The van der Waals surface area contributed by atoms with Gasteiger partial charge < -0.3 is 5.32 Å². The van der Waals surface area contributed by atoms with Crippen LogP contribution >= 0.6 is 0 Å². The van der Waals surface area contributed by atoms with E-state index in [2.05, 4.69) is 5.32 Å². The van der Waals surface area contributed by atoms with E-state index in [0.29, 0.717) is 16.8 Å². The number of hydrogen-bond donors (Lipinski definition) is 1. The molecule has 0 unspecified atom stereocenters. The second-order valence-corrected chi connectivity index (χ2v) is 7.17. The van der Waals surface area contributed by atoms with Crippen molar-refractivity contribution in [1.29, 1.82) is 0 Å². The van der Waals surface area contributed by atoms with Crippen LogP contribution in [-0.2, 0) is 15.6 Å². The number of carbonyl (C=O) groups is 1. The summed E-state index contributed by atoms with van der Waals surface area (Å²) in [4.78, 5) is 22.1. The van der Waals surface area contributed by atoms with Gasteiger partial charge in [0.2, 0.25) is 0 Å². The lowest BCUT2D eigenvalue weighted by Crippen LogP contribution is -2.12. The number of carbonyl (C=O) groups excluding carboxylic acids is 1. The van der Waals surface area contributed by atoms with Crippen LogP contribution in [0.4, 0.5) is 11.4 Å². The van der Waals surface area contributed by atoms with E-state index in [1.165, 1.54) is 36.4 Å². The zero-order valence-corrected chi connectivity index (χ0v) is 13.0. The second-order valence-electron chi connectivity index (χ2n) is 5.03. The van der Waals surface area contributed by atoms with Gasteiger partial charge in [0, 0.05) is 29.6 Å². The van der Waals surface area contributed by atoms with Crippen LogP contribution in [0.1, 0.15) is 15.9 Å². The molecule has 0 spiro atoms. The van der Waals surface area contributed by atoms with Crippen LogP contribution in [0, 0.1) is 10.1 Å². The number of hydrogen-bond acceptors (Lipinski definition) is 5. The molecule has 0 aliphatic rings. The first-order valence-corrected chi connectivity index (χ1v) is 8.63. The van der Waals surface area contributed by atoms with Crippen molar-refractivity contribution in [3.63, 3.8) is 0 Å². The van der Waals surface area contributed by atoms with Crippen LogP contribution in [0.5, 0.6) is 0 Å². The Morgan fingerprint density at radius 2 is 1.65 bits per heavy atom. The van der Waals surface area contributed by atoms with Gasteiger partial charge in [0.1, 0.15) is 0 Å². The SMILES string of the molecule is CS(=O)(=O)Cc1ccc(C(=O)Nc2ccc([N+](=O)[O-])cc2)cc1. The average molecular weight is 334 g/mol. The van der Waals surface area contributed by atoms with Gasteiger partial charge in [-0.1, -0.05) is 12.1 Å². The maximum absolute atomic E-state index is 12.1. The van der Waals surface area contributed by atoms with Crippen molar-refractivity contribution in [3.8, 4) is 0 Å². The highest BCUT2D eigenvalue weighted by molar-refractivity contribution is 7.89. The fourth-order valence-corrected chi connectivity index (χ4v) is 2.72. The summed E-state index contributed by atoms with van der Waals surface area (Å²) in [6, 6.07) is 11.7. The highest BCUT2D eigenvalue weighted by Gasteiger charge is 2.10. The predicted octanol–water partition coefficient (Wildman–Crippen LogP) is 2.39. The van der Waals surface area contributed by atoms with Crippen molar-refractivity contribution in [3.05, 3.63) is 69.8 Å². The third-order valence-corrected chi connectivity index (χ3v) is 3.84. The fraction of sp³-hybridized carbons (Fsp3) is 0.133. The van der Waals surface area contributed by atoms with E-state index in [-0.39, 0.29) is 17.3 Å². The van der Waals surface area contributed by atoms with Crippen molar-refractivity contribution >= 4 is 27.1 Å². The molecule has 0 saturated heterocycles. The van der Waals surface area contributed by atoms with Crippen LogP contribution < -0.4 is 5.32 Å². The molecule has 2 aromatic rings. The predicted molar refractivity (Wildman–Crippen MR) is 86.0 cm³/mol. The van der Waals surface area contributed by atoms with E-state index >= 15 is 0 Å². The normalized spacial score (nSPS) is 11.0. The fourth-order valence-electron chi connectivity index (χ4n) is 1.92. The Morgan fingerprint density at radius 3 is 2.13 bits per heavy atom. The molecule has 23 heavy (non-hydrogen) atoms. The summed E-state index contributed by atoms with van der Waals surface area (Å²) in [5.41, 5.74) is 1.33. The number of nitrogens with zero attached hydrogens (tertiary/aromatic N) is 1. The summed E-state index contributed by atoms with van der Waals surface area (Å²) in [7, 11) is -3.13. The minimum atomic E-state index is -3.13. The van der Waals surface area contributed by atoms with Crippen molar-refractivity contribution in [2.45, 2.75) is 5.75 Å². The summed E-state index contributed by atoms with van der Waals surface area (Å²) < 4.78 is 22.4. The van der Waals surface area contributed by atoms with Gasteiger partial charge in [-0.2, -0.15) is 0 Å². The Morgan fingerprint density at radius 1 is 1.09 bits per heavy atom. The number of benzene rings is 2.